The first-order valence-electron chi connectivity index (χ1n) is 8.65. The predicted octanol–water partition coefficient (Wildman–Crippen LogP) is 4.11. The van der Waals surface area contributed by atoms with Crippen molar-refractivity contribution in [2.75, 3.05) is 0 Å². The Labute approximate surface area is 142 Å². The number of ether oxygens (including phenoxy) is 1. The number of hydrogen-bond donors (Lipinski definition) is 0. The van der Waals surface area contributed by atoms with E-state index in [9.17, 15) is 9.59 Å². The molecule has 3 rings (SSSR count). The standard InChI is InChI=1S/C19H26O3S/c1-19(2,3)22-18(21)9-12-4-7-17-14(8-12)10-15(23-17)11-16(20)13-5-6-13/h10,12-13H,4-9,11H2,1-3H3. The Bertz CT molecular complexity index is 605. The van der Waals surface area contributed by atoms with Crippen LogP contribution in [0, 0.1) is 11.8 Å². The number of ketones is 1. The lowest BCUT2D eigenvalue weighted by molar-refractivity contribution is -0.156. The number of carbonyl (C=O) groups is 2. The number of rotatable bonds is 5. The van der Waals surface area contributed by atoms with Gasteiger partial charge in [0, 0.05) is 28.5 Å². The molecule has 3 nitrogen and oxygen atoms in total. The maximum atomic E-state index is 12.0. The number of carbonyl (C=O) groups excluding carboxylic acids is 2. The van der Waals surface area contributed by atoms with Crippen molar-refractivity contribution in [1.82, 2.24) is 0 Å². The first kappa shape index (κ1) is 16.7. The number of fused-ring (bicyclic) bond motifs is 1. The number of hydrogen-bond acceptors (Lipinski definition) is 4. The average molecular weight is 334 g/mol. The van der Waals surface area contributed by atoms with Crippen molar-refractivity contribution in [3.63, 3.8) is 0 Å². The summed E-state index contributed by atoms with van der Waals surface area (Å²) in [6, 6.07) is 2.21. The highest BCUT2D eigenvalue weighted by Gasteiger charge is 2.30. The third-order valence-electron chi connectivity index (χ3n) is 4.49. The van der Waals surface area contributed by atoms with Crippen LogP contribution in [0.5, 0.6) is 0 Å². The quantitative estimate of drug-likeness (QED) is 0.761. The fraction of sp³-hybridized carbons (Fsp3) is 0.684. The van der Waals surface area contributed by atoms with Gasteiger partial charge >= 0.3 is 5.97 Å². The summed E-state index contributed by atoms with van der Waals surface area (Å²) in [6.07, 6.45) is 6.31. The van der Waals surface area contributed by atoms with E-state index in [4.69, 9.17) is 4.74 Å². The van der Waals surface area contributed by atoms with Crippen LogP contribution in [0.2, 0.25) is 0 Å². The molecule has 1 heterocycles. The zero-order valence-electron chi connectivity index (χ0n) is 14.3. The van der Waals surface area contributed by atoms with E-state index in [1.54, 1.807) is 11.3 Å². The van der Waals surface area contributed by atoms with Crippen molar-refractivity contribution in [1.29, 1.82) is 0 Å². The molecule has 4 heteroatoms. The van der Waals surface area contributed by atoms with Crippen molar-refractivity contribution in [2.45, 2.75) is 71.3 Å². The Kier molecular flexibility index (Phi) is 4.63. The van der Waals surface area contributed by atoms with E-state index >= 15 is 0 Å². The normalized spacial score (nSPS) is 20.9. The minimum atomic E-state index is -0.407. The monoisotopic (exact) mass is 334 g/mol. The summed E-state index contributed by atoms with van der Waals surface area (Å²) >= 11 is 1.80. The third kappa shape index (κ3) is 4.66. The van der Waals surface area contributed by atoms with Crippen LogP contribution >= 0.6 is 11.3 Å². The van der Waals surface area contributed by atoms with E-state index in [1.807, 2.05) is 20.8 Å². The lowest BCUT2D eigenvalue weighted by Crippen LogP contribution is -2.26. The fourth-order valence-corrected chi connectivity index (χ4v) is 4.49. The van der Waals surface area contributed by atoms with Gasteiger partial charge in [0.05, 0.1) is 0 Å². The highest BCUT2D eigenvalue weighted by Crippen LogP contribution is 2.36. The summed E-state index contributed by atoms with van der Waals surface area (Å²) in [4.78, 5) is 26.6. The van der Waals surface area contributed by atoms with Crippen molar-refractivity contribution >= 4 is 23.1 Å². The molecule has 1 fully saturated rings. The molecule has 0 N–H and O–H groups in total. The summed E-state index contributed by atoms with van der Waals surface area (Å²) in [6.45, 7) is 5.73. The second kappa shape index (κ2) is 6.39. The van der Waals surface area contributed by atoms with Gasteiger partial charge in [-0.25, -0.2) is 0 Å². The highest BCUT2D eigenvalue weighted by molar-refractivity contribution is 7.12. The van der Waals surface area contributed by atoms with Gasteiger partial charge in [-0.1, -0.05) is 0 Å². The van der Waals surface area contributed by atoms with Gasteiger partial charge in [0.25, 0.3) is 0 Å². The first-order chi connectivity index (χ1) is 10.8. The molecule has 0 bridgehead atoms. The van der Waals surface area contributed by atoms with Crippen LogP contribution in [0.25, 0.3) is 0 Å². The van der Waals surface area contributed by atoms with E-state index in [1.165, 1.54) is 15.3 Å². The predicted molar refractivity (Wildman–Crippen MR) is 91.7 cm³/mol. The van der Waals surface area contributed by atoms with Crippen LogP contribution in [-0.4, -0.2) is 17.4 Å². The molecular formula is C19H26O3S. The van der Waals surface area contributed by atoms with Gasteiger partial charge < -0.3 is 4.74 Å². The number of esters is 1. The van der Waals surface area contributed by atoms with Gasteiger partial charge in [-0.3, -0.25) is 9.59 Å². The SMILES string of the molecule is CC(C)(C)OC(=O)CC1CCc2sc(CC(=O)C3CC3)cc2C1. The van der Waals surface area contributed by atoms with Gasteiger partial charge in [-0.15, -0.1) is 11.3 Å². The zero-order chi connectivity index (χ0) is 16.6. The molecule has 1 saturated carbocycles. The van der Waals surface area contributed by atoms with Crippen LogP contribution in [0.1, 0.15) is 61.8 Å². The molecule has 1 atom stereocenters. The lowest BCUT2D eigenvalue weighted by atomic mass is 9.86. The summed E-state index contributed by atoms with van der Waals surface area (Å²) in [5.41, 5.74) is 0.948. The summed E-state index contributed by atoms with van der Waals surface area (Å²) in [5, 5.41) is 0. The molecule has 1 aromatic heterocycles. The smallest absolute Gasteiger partial charge is 0.306 e. The number of thiophene rings is 1. The van der Waals surface area contributed by atoms with Crippen LogP contribution < -0.4 is 0 Å². The minimum absolute atomic E-state index is 0.0923. The van der Waals surface area contributed by atoms with Crippen LogP contribution in [-0.2, 0) is 33.6 Å². The molecule has 23 heavy (non-hydrogen) atoms. The number of aryl methyl sites for hydroxylation is 1. The minimum Gasteiger partial charge on any atom is -0.460 e. The maximum Gasteiger partial charge on any atom is 0.306 e. The molecule has 2 aliphatic carbocycles. The average Bonchev–Trinajstić information content (AvgIpc) is 3.18. The Morgan fingerprint density at radius 3 is 2.65 bits per heavy atom. The number of Topliss-reactive ketones (excluding diaryl/α,β-unsaturated/α-hetero) is 1. The molecule has 0 radical (unpaired) electrons. The largest absolute Gasteiger partial charge is 0.460 e. The summed E-state index contributed by atoms with van der Waals surface area (Å²) in [5.74, 6) is 1.03. The van der Waals surface area contributed by atoms with Gasteiger partial charge in [0.1, 0.15) is 11.4 Å². The molecule has 0 spiro atoms. The molecule has 1 aromatic rings. The molecule has 0 aromatic carbocycles. The van der Waals surface area contributed by atoms with E-state index in [2.05, 4.69) is 6.07 Å². The van der Waals surface area contributed by atoms with Crippen molar-refractivity contribution in [3.8, 4) is 0 Å². The van der Waals surface area contributed by atoms with Crippen molar-refractivity contribution < 1.29 is 14.3 Å². The maximum absolute atomic E-state index is 12.0. The topological polar surface area (TPSA) is 43.4 Å². The second-order valence-corrected chi connectivity index (χ2v) is 9.20. The zero-order valence-corrected chi connectivity index (χ0v) is 15.1. The van der Waals surface area contributed by atoms with Crippen LogP contribution in [0.3, 0.4) is 0 Å². The molecule has 1 unspecified atom stereocenters. The molecular weight excluding hydrogens is 308 g/mol. The Morgan fingerprint density at radius 2 is 2.00 bits per heavy atom. The van der Waals surface area contributed by atoms with E-state index in [0.717, 1.165) is 32.1 Å². The van der Waals surface area contributed by atoms with Crippen molar-refractivity contribution in [3.05, 3.63) is 21.4 Å². The van der Waals surface area contributed by atoms with Crippen LogP contribution in [0.15, 0.2) is 6.07 Å². The Morgan fingerprint density at radius 1 is 1.26 bits per heavy atom. The van der Waals surface area contributed by atoms with E-state index < -0.39 is 5.60 Å². The molecule has 126 valence electrons. The lowest BCUT2D eigenvalue weighted by Gasteiger charge is -2.24. The van der Waals surface area contributed by atoms with Gasteiger partial charge in [0.15, 0.2) is 0 Å². The van der Waals surface area contributed by atoms with E-state index in [-0.39, 0.29) is 5.97 Å². The second-order valence-electron chi connectivity index (χ2n) is 7.98. The Balaban J connectivity index is 1.56. The molecule has 0 amide bonds. The summed E-state index contributed by atoms with van der Waals surface area (Å²) < 4.78 is 5.44. The van der Waals surface area contributed by atoms with Gasteiger partial charge in [-0.05, 0) is 70.4 Å². The molecule has 0 aliphatic heterocycles. The van der Waals surface area contributed by atoms with Gasteiger partial charge in [0.2, 0.25) is 0 Å². The third-order valence-corrected chi connectivity index (χ3v) is 5.73. The first-order valence-corrected chi connectivity index (χ1v) is 9.47. The van der Waals surface area contributed by atoms with E-state index in [0.29, 0.717) is 30.5 Å². The highest BCUT2D eigenvalue weighted by atomic mass is 32.1. The van der Waals surface area contributed by atoms with Crippen molar-refractivity contribution in [2.24, 2.45) is 11.8 Å². The molecule has 2 aliphatic rings. The summed E-state index contributed by atoms with van der Waals surface area (Å²) in [7, 11) is 0. The van der Waals surface area contributed by atoms with Crippen LogP contribution in [0.4, 0.5) is 0 Å². The molecule has 0 saturated heterocycles. The van der Waals surface area contributed by atoms with Gasteiger partial charge in [-0.2, -0.15) is 0 Å². The Hall–Kier alpha value is -1.16. The fourth-order valence-electron chi connectivity index (χ4n) is 3.26.